The minimum absolute atomic E-state index is 0.683. The Morgan fingerprint density at radius 2 is 2.23 bits per heavy atom. The molecule has 0 aliphatic rings. The molecule has 0 fully saturated rings. The average molecular weight is 175 g/mol. The summed E-state index contributed by atoms with van der Waals surface area (Å²) in [4.78, 5) is 4.20. The summed E-state index contributed by atoms with van der Waals surface area (Å²) < 4.78 is 4.96. The van der Waals surface area contributed by atoms with Gasteiger partial charge in [0, 0.05) is 13.1 Å². The van der Waals surface area contributed by atoms with Crippen LogP contribution in [0.2, 0.25) is 0 Å². The Bertz CT molecular complexity index is 366. The molecule has 0 saturated heterocycles. The molecule has 66 valence electrons. The van der Waals surface area contributed by atoms with Crippen LogP contribution in [0, 0.1) is 0 Å². The Kier molecular flexibility index (Phi) is 1.96. The van der Waals surface area contributed by atoms with Crippen molar-refractivity contribution in [2.45, 2.75) is 0 Å². The van der Waals surface area contributed by atoms with Crippen LogP contribution in [0.4, 0.5) is 5.69 Å². The smallest absolute Gasteiger partial charge is 0.185 e. The summed E-state index contributed by atoms with van der Waals surface area (Å²) in [5.74, 6) is 0.683. The van der Waals surface area contributed by atoms with Crippen LogP contribution in [0.1, 0.15) is 0 Å². The molecular formula is C9H9N3O. The monoisotopic (exact) mass is 175 g/mol. The molecule has 0 saturated carbocycles. The zero-order valence-corrected chi connectivity index (χ0v) is 7.19. The number of rotatable bonds is 2. The van der Waals surface area contributed by atoms with Gasteiger partial charge in [0.1, 0.15) is 5.69 Å². The van der Waals surface area contributed by atoms with Gasteiger partial charge in [-0.15, -0.1) is 0 Å². The predicted octanol–water partition coefficient (Wildman–Crippen LogP) is 1.78. The summed E-state index contributed by atoms with van der Waals surface area (Å²) in [7, 11) is 1.85. The molecule has 0 bridgehead atoms. The highest BCUT2D eigenvalue weighted by Gasteiger charge is 2.01. The van der Waals surface area contributed by atoms with E-state index >= 15 is 0 Å². The van der Waals surface area contributed by atoms with Gasteiger partial charge in [0.15, 0.2) is 5.76 Å². The Morgan fingerprint density at radius 3 is 2.77 bits per heavy atom. The second-order valence-electron chi connectivity index (χ2n) is 2.56. The number of hydrogen-bond acceptors (Lipinski definition) is 4. The minimum atomic E-state index is 0.683. The fourth-order valence-corrected chi connectivity index (χ4v) is 1.04. The first-order valence-corrected chi connectivity index (χ1v) is 3.95. The Morgan fingerprint density at radius 1 is 1.31 bits per heavy atom. The lowest BCUT2D eigenvalue weighted by atomic mass is 10.3. The molecule has 0 aromatic carbocycles. The maximum Gasteiger partial charge on any atom is 0.185 e. The van der Waals surface area contributed by atoms with Crippen LogP contribution >= 0.6 is 0 Å². The highest BCUT2D eigenvalue weighted by Crippen LogP contribution is 2.16. The van der Waals surface area contributed by atoms with Crippen LogP contribution in [0.15, 0.2) is 35.1 Å². The summed E-state index contributed by atoms with van der Waals surface area (Å²) in [5, 5.41) is 6.60. The van der Waals surface area contributed by atoms with Crippen LogP contribution in [0.5, 0.6) is 0 Å². The molecule has 1 N–H and O–H groups in total. The van der Waals surface area contributed by atoms with Crippen molar-refractivity contribution in [3.63, 3.8) is 0 Å². The summed E-state index contributed by atoms with van der Waals surface area (Å²) in [5.41, 5.74) is 1.76. The van der Waals surface area contributed by atoms with Gasteiger partial charge in [-0.1, -0.05) is 5.16 Å². The van der Waals surface area contributed by atoms with Crippen LogP contribution in [0.25, 0.3) is 11.5 Å². The second-order valence-corrected chi connectivity index (χ2v) is 2.56. The SMILES string of the molecule is CNc1ccc(-c2ccno2)nc1. The van der Waals surface area contributed by atoms with Gasteiger partial charge in [-0.05, 0) is 12.1 Å². The summed E-state index contributed by atoms with van der Waals surface area (Å²) in [6, 6.07) is 5.60. The van der Waals surface area contributed by atoms with Gasteiger partial charge in [0.25, 0.3) is 0 Å². The van der Waals surface area contributed by atoms with Crippen molar-refractivity contribution < 1.29 is 4.52 Å². The van der Waals surface area contributed by atoms with E-state index in [2.05, 4.69) is 15.5 Å². The van der Waals surface area contributed by atoms with Gasteiger partial charge in [-0.2, -0.15) is 0 Å². The fraction of sp³-hybridized carbons (Fsp3) is 0.111. The third-order valence-electron chi connectivity index (χ3n) is 1.74. The van der Waals surface area contributed by atoms with Crippen molar-refractivity contribution in [3.05, 3.63) is 30.6 Å². The zero-order valence-electron chi connectivity index (χ0n) is 7.19. The quantitative estimate of drug-likeness (QED) is 0.755. The first-order valence-electron chi connectivity index (χ1n) is 3.95. The lowest BCUT2D eigenvalue weighted by Crippen LogP contribution is -1.89. The van der Waals surface area contributed by atoms with E-state index in [0.717, 1.165) is 11.4 Å². The maximum absolute atomic E-state index is 4.96. The van der Waals surface area contributed by atoms with Crippen molar-refractivity contribution in [1.82, 2.24) is 10.1 Å². The third-order valence-corrected chi connectivity index (χ3v) is 1.74. The Labute approximate surface area is 75.6 Å². The Hall–Kier alpha value is -1.84. The number of nitrogens with one attached hydrogen (secondary N) is 1. The van der Waals surface area contributed by atoms with E-state index < -0.39 is 0 Å². The highest BCUT2D eigenvalue weighted by atomic mass is 16.5. The van der Waals surface area contributed by atoms with Gasteiger partial charge >= 0.3 is 0 Å². The molecule has 4 heteroatoms. The van der Waals surface area contributed by atoms with Gasteiger partial charge < -0.3 is 9.84 Å². The Balaban J connectivity index is 2.33. The number of aromatic nitrogens is 2. The lowest BCUT2D eigenvalue weighted by Gasteiger charge is -1.98. The van der Waals surface area contributed by atoms with Crippen molar-refractivity contribution in [1.29, 1.82) is 0 Å². The largest absolute Gasteiger partial charge is 0.387 e. The molecule has 0 atom stereocenters. The highest BCUT2D eigenvalue weighted by molar-refractivity contribution is 5.54. The fourth-order valence-electron chi connectivity index (χ4n) is 1.04. The third kappa shape index (κ3) is 1.51. The van der Waals surface area contributed by atoms with Crippen LogP contribution < -0.4 is 5.32 Å². The van der Waals surface area contributed by atoms with Gasteiger partial charge in [-0.3, -0.25) is 4.98 Å². The molecule has 0 spiro atoms. The van der Waals surface area contributed by atoms with E-state index in [0.29, 0.717) is 5.76 Å². The number of pyridine rings is 1. The van der Waals surface area contributed by atoms with Crippen molar-refractivity contribution >= 4 is 5.69 Å². The summed E-state index contributed by atoms with van der Waals surface area (Å²) >= 11 is 0. The second kappa shape index (κ2) is 3.26. The number of hydrogen-bond donors (Lipinski definition) is 1. The van der Waals surface area contributed by atoms with E-state index in [1.165, 1.54) is 0 Å². The molecular weight excluding hydrogens is 166 g/mol. The molecule has 0 unspecified atom stereocenters. The molecule has 2 aromatic rings. The van der Waals surface area contributed by atoms with E-state index in [1.807, 2.05) is 19.2 Å². The van der Waals surface area contributed by atoms with Crippen LogP contribution in [-0.2, 0) is 0 Å². The van der Waals surface area contributed by atoms with E-state index in [1.54, 1.807) is 18.5 Å². The zero-order chi connectivity index (χ0) is 9.10. The molecule has 4 nitrogen and oxygen atoms in total. The van der Waals surface area contributed by atoms with E-state index in [9.17, 15) is 0 Å². The molecule has 0 aliphatic carbocycles. The van der Waals surface area contributed by atoms with Crippen molar-refractivity contribution in [2.75, 3.05) is 12.4 Å². The maximum atomic E-state index is 4.96. The first-order chi connectivity index (χ1) is 6.40. The topological polar surface area (TPSA) is 51.0 Å². The molecule has 0 radical (unpaired) electrons. The molecule has 13 heavy (non-hydrogen) atoms. The van der Waals surface area contributed by atoms with Crippen LogP contribution in [-0.4, -0.2) is 17.2 Å². The van der Waals surface area contributed by atoms with Gasteiger partial charge in [0.2, 0.25) is 0 Å². The number of anilines is 1. The van der Waals surface area contributed by atoms with Crippen molar-refractivity contribution in [3.8, 4) is 11.5 Å². The molecule has 2 rings (SSSR count). The van der Waals surface area contributed by atoms with E-state index in [4.69, 9.17) is 4.52 Å². The van der Waals surface area contributed by atoms with Gasteiger partial charge in [-0.25, -0.2) is 0 Å². The lowest BCUT2D eigenvalue weighted by molar-refractivity contribution is 0.431. The molecule has 0 amide bonds. The van der Waals surface area contributed by atoms with Crippen LogP contribution in [0.3, 0.4) is 0 Å². The normalized spacial score (nSPS) is 9.92. The van der Waals surface area contributed by atoms with E-state index in [-0.39, 0.29) is 0 Å². The average Bonchev–Trinajstić information content (AvgIpc) is 2.71. The van der Waals surface area contributed by atoms with Gasteiger partial charge in [0.05, 0.1) is 18.1 Å². The minimum Gasteiger partial charge on any atom is -0.387 e. The van der Waals surface area contributed by atoms with Crippen molar-refractivity contribution in [2.24, 2.45) is 0 Å². The first kappa shape index (κ1) is 7.79. The standard InChI is InChI=1S/C9H9N3O/c1-10-7-2-3-8(11-6-7)9-4-5-12-13-9/h2-6,10H,1H3. The summed E-state index contributed by atoms with van der Waals surface area (Å²) in [6.45, 7) is 0. The molecule has 2 aromatic heterocycles. The predicted molar refractivity (Wildman–Crippen MR) is 49.3 cm³/mol. The molecule has 0 aliphatic heterocycles. The molecule has 2 heterocycles. The summed E-state index contributed by atoms with van der Waals surface area (Å²) in [6.07, 6.45) is 3.35. The number of nitrogens with zero attached hydrogens (tertiary/aromatic N) is 2.